The molecule has 0 saturated heterocycles. The predicted octanol–water partition coefficient (Wildman–Crippen LogP) is 3.36. The van der Waals surface area contributed by atoms with Crippen LogP contribution in [0.25, 0.3) is 10.6 Å². The molecule has 2 aromatic rings. The van der Waals surface area contributed by atoms with Crippen molar-refractivity contribution < 1.29 is 13.2 Å². The largest absolute Gasteiger partial charge is 0.204 e. The van der Waals surface area contributed by atoms with E-state index in [4.69, 9.17) is 11.6 Å². The van der Waals surface area contributed by atoms with E-state index in [2.05, 4.69) is 10.2 Å². The lowest BCUT2D eigenvalue weighted by Crippen LogP contribution is -1.93. The molecular weight excluding hydrogens is 261 g/mol. The minimum absolute atomic E-state index is 0.118. The van der Waals surface area contributed by atoms with E-state index in [-0.39, 0.29) is 16.5 Å². The lowest BCUT2D eigenvalue weighted by molar-refractivity contribution is 0.449. The number of alkyl halides is 1. The Hall–Kier alpha value is -1.14. The molecule has 0 amide bonds. The molecule has 0 aliphatic heterocycles. The maximum atomic E-state index is 13.4. The van der Waals surface area contributed by atoms with Crippen molar-refractivity contribution in [2.45, 2.75) is 5.88 Å². The molecule has 2 rings (SSSR count). The molecule has 0 N–H and O–H groups in total. The Morgan fingerprint density at radius 2 is 1.88 bits per heavy atom. The van der Waals surface area contributed by atoms with Gasteiger partial charge < -0.3 is 0 Å². The summed E-state index contributed by atoms with van der Waals surface area (Å²) in [5.41, 5.74) is -0.118. The number of hydrogen-bond donors (Lipinski definition) is 0. The molecule has 0 aliphatic rings. The Kier molecular flexibility index (Phi) is 3.11. The predicted molar refractivity (Wildman–Crippen MR) is 54.8 cm³/mol. The Balaban J connectivity index is 2.52. The Morgan fingerprint density at radius 1 is 1.12 bits per heavy atom. The van der Waals surface area contributed by atoms with Crippen LogP contribution in [0.3, 0.4) is 0 Å². The fourth-order valence-electron chi connectivity index (χ4n) is 1.11. The third-order valence-corrected chi connectivity index (χ3v) is 3.21. The number of rotatable bonds is 2. The van der Waals surface area contributed by atoms with Crippen LogP contribution in [0, 0.1) is 17.5 Å². The summed E-state index contributed by atoms with van der Waals surface area (Å²) in [7, 11) is 0. The molecular formula is C9H4ClF3N2S. The van der Waals surface area contributed by atoms with Crippen molar-refractivity contribution in [1.29, 1.82) is 0 Å². The Morgan fingerprint density at radius 3 is 2.50 bits per heavy atom. The summed E-state index contributed by atoms with van der Waals surface area (Å²) in [6.07, 6.45) is 0. The van der Waals surface area contributed by atoms with Gasteiger partial charge in [-0.15, -0.1) is 21.8 Å². The van der Waals surface area contributed by atoms with Crippen LogP contribution in [-0.4, -0.2) is 10.2 Å². The van der Waals surface area contributed by atoms with E-state index >= 15 is 0 Å². The molecule has 1 heterocycles. The molecule has 7 heteroatoms. The maximum Gasteiger partial charge on any atom is 0.195 e. The van der Waals surface area contributed by atoms with Crippen LogP contribution in [-0.2, 0) is 5.88 Å². The zero-order valence-electron chi connectivity index (χ0n) is 7.68. The fourth-order valence-corrected chi connectivity index (χ4v) is 2.03. The van der Waals surface area contributed by atoms with Crippen LogP contribution in [0.2, 0.25) is 0 Å². The molecule has 0 unspecified atom stereocenters. The number of hydrogen-bond acceptors (Lipinski definition) is 3. The zero-order chi connectivity index (χ0) is 11.7. The van der Waals surface area contributed by atoms with E-state index in [1.54, 1.807) is 0 Å². The SMILES string of the molecule is Fc1ccc(-c2nnc(CCl)s2)c(F)c1F. The summed E-state index contributed by atoms with van der Waals surface area (Å²) in [4.78, 5) is 0. The molecule has 84 valence electrons. The smallest absolute Gasteiger partial charge is 0.195 e. The van der Waals surface area contributed by atoms with Gasteiger partial charge in [0.05, 0.1) is 11.4 Å². The molecule has 0 fully saturated rings. The molecule has 0 spiro atoms. The molecule has 1 aromatic heterocycles. The summed E-state index contributed by atoms with van der Waals surface area (Å²) in [6, 6.07) is 1.96. The molecule has 2 nitrogen and oxygen atoms in total. The minimum atomic E-state index is -1.51. The molecule has 0 atom stereocenters. The third kappa shape index (κ3) is 1.90. The average molecular weight is 265 g/mol. The molecule has 0 radical (unpaired) electrons. The van der Waals surface area contributed by atoms with Crippen molar-refractivity contribution in [3.8, 4) is 10.6 Å². The number of halogens is 4. The zero-order valence-corrected chi connectivity index (χ0v) is 9.25. The lowest BCUT2D eigenvalue weighted by atomic mass is 10.2. The summed E-state index contributed by atoms with van der Waals surface area (Å²) < 4.78 is 39.0. The minimum Gasteiger partial charge on any atom is -0.204 e. The summed E-state index contributed by atoms with van der Waals surface area (Å²) in [5.74, 6) is -3.87. The van der Waals surface area contributed by atoms with E-state index in [1.165, 1.54) is 0 Å². The second-order valence-corrected chi connectivity index (χ2v) is 4.19. The van der Waals surface area contributed by atoms with Crippen molar-refractivity contribution in [1.82, 2.24) is 10.2 Å². The Bertz CT molecular complexity index is 529. The van der Waals surface area contributed by atoms with Crippen molar-refractivity contribution in [3.63, 3.8) is 0 Å². The van der Waals surface area contributed by atoms with E-state index in [1.807, 2.05) is 0 Å². The van der Waals surface area contributed by atoms with Gasteiger partial charge in [0.15, 0.2) is 22.5 Å². The van der Waals surface area contributed by atoms with Crippen LogP contribution >= 0.6 is 22.9 Å². The first-order chi connectivity index (χ1) is 7.63. The van der Waals surface area contributed by atoms with Gasteiger partial charge in [0, 0.05) is 0 Å². The van der Waals surface area contributed by atoms with Crippen LogP contribution < -0.4 is 0 Å². The van der Waals surface area contributed by atoms with Crippen molar-refractivity contribution in [3.05, 3.63) is 34.6 Å². The topological polar surface area (TPSA) is 25.8 Å². The highest BCUT2D eigenvalue weighted by Crippen LogP contribution is 2.28. The number of benzene rings is 1. The average Bonchev–Trinajstić information content (AvgIpc) is 2.74. The quantitative estimate of drug-likeness (QED) is 0.614. The highest BCUT2D eigenvalue weighted by atomic mass is 35.5. The molecule has 0 saturated carbocycles. The molecule has 16 heavy (non-hydrogen) atoms. The normalized spacial score (nSPS) is 10.8. The van der Waals surface area contributed by atoms with Gasteiger partial charge in [0.2, 0.25) is 0 Å². The van der Waals surface area contributed by atoms with Crippen LogP contribution in [0.5, 0.6) is 0 Å². The molecule has 0 aliphatic carbocycles. The van der Waals surface area contributed by atoms with Crippen molar-refractivity contribution in [2.24, 2.45) is 0 Å². The summed E-state index contributed by atoms with van der Waals surface area (Å²) in [5, 5.41) is 7.96. The highest BCUT2D eigenvalue weighted by molar-refractivity contribution is 7.14. The number of nitrogens with zero attached hydrogens (tertiary/aromatic N) is 2. The van der Waals surface area contributed by atoms with E-state index < -0.39 is 17.5 Å². The van der Waals surface area contributed by atoms with Crippen molar-refractivity contribution >= 4 is 22.9 Å². The first-order valence-electron chi connectivity index (χ1n) is 4.15. The first kappa shape index (κ1) is 11.3. The summed E-state index contributed by atoms with van der Waals surface area (Å²) in [6.45, 7) is 0. The van der Waals surface area contributed by atoms with Crippen molar-refractivity contribution in [2.75, 3.05) is 0 Å². The van der Waals surface area contributed by atoms with Crippen LogP contribution in [0.15, 0.2) is 12.1 Å². The van der Waals surface area contributed by atoms with Gasteiger partial charge >= 0.3 is 0 Å². The van der Waals surface area contributed by atoms with Gasteiger partial charge in [0.25, 0.3) is 0 Å². The van der Waals surface area contributed by atoms with Crippen LogP contribution in [0.4, 0.5) is 13.2 Å². The monoisotopic (exact) mass is 264 g/mol. The molecule has 1 aromatic carbocycles. The summed E-state index contributed by atoms with van der Waals surface area (Å²) >= 11 is 6.54. The second kappa shape index (κ2) is 4.39. The van der Waals surface area contributed by atoms with E-state index in [0.717, 1.165) is 23.5 Å². The van der Waals surface area contributed by atoms with E-state index in [9.17, 15) is 13.2 Å². The van der Waals surface area contributed by atoms with Gasteiger partial charge in [0.1, 0.15) is 5.01 Å². The second-order valence-electron chi connectivity index (χ2n) is 2.86. The lowest BCUT2D eigenvalue weighted by Gasteiger charge is -1.99. The molecule has 0 bridgehead atoms. The van der Waals surface area contributed by atoms with Gasteiger partial charge in [-0.25, -0.2) is 13.2 Å². The number of aromatic nitrogens is 2. The van der Waals surface area contributed by atoms with Crippen LogP contribution in [0.1, 0.15) is 5.01 Å². The van der Waals surface area contributed by atoms with Gasteiger partial charge in [-0.3, -0.25) is 0 Å². The van der Waals surface area contributed by atoms with Gasteiger partial charge in [-0.2, -0.15) is 0 Å². The first-order valence-corrected chi connectivity index (χ1v) is 5.50. The third-order valence-electron chi connectivity index (χ3n) is 1.85. The van der Waals surface area contributed by atoms with Gasteiger partial charge in [-0.1, -0.05) is 11.3 Å². The highest BCUT2D eigenvalue weighted by Gasteiger charge is 2.17. The maximum absolute atomic E-state index is 13.4. The Labute approximate surface area is 97.7 Å². The van der Waals surface area contributed by atoms with Gasteiger partial charge in [-0.05, 0) is 12.1 Å². The standard InChI is InChI=1S/C9H4ClF3N2S/c10-3-6-14-15-9(16-6)4-1-2-5(11)8(13)7(4)12/h1-2H,3H2. The fraction of sp³-hybridized carbons (Fsp3) is 0.111. The van der Waals surface area contributed by atoms with E-state index in [0.29, 0.717) is 5.01 Å².